The van der Waals surface area contributed by atoms with E-state index in [2.05, 4.69) is 91.9 Å². The minimum atomic E-state index is -2.77. The largest absolute Gasteiger partial charge is 0.469 e. The molecule has 3 aromatic rings. The first-order valence-electron chi connectivity index (χ1n) is 13.5. The maximum absolute atomic E-state index is 7.23. The van der Waals surface area contributed by atoms with Crippen LogP contribution in [-0.4, -0.2) is 53.4 Å². The second kappa shape index (κ2) is 12.8. The van der Waals surface area contributed by atoms with Gasteiger partial charge in [-0.2, -0.15) is 0 Å². The van der Waals surface area contributed by atoms with Crippen LogP contribution < -0.4 is 10.4 Å². The van der Waals surface area contributed by atoms with Crippen molar-refractivity contribution in [2.24, 2.45) is 4.99 Å². The first-order valence-corrected chi connectivity index (χ1v) is 17.8. The van der Waals surface area contributed by atoms with Gasteiger partial charge in [0, 0.05) is 12.2 Å². The zero-order valence-corrected chi connectivity index (χ0v) is 28.5. The minimum Gasteiger partial charge on any atom is -0.469 e. The minimum absolute atomic E-state index is 0.0474. The Morgan fingerprint density at radius 2 is 1.44 bits per heavy atom. The zero-order valence-electron chi connectivity index (χ0n) is 23.1. The van der Waals surface area contributed by atoms with Crippen molar-refractivity contribution >= 4 is 82.0 Å². The second-order valence-electron chi connectivity index (χ2n) is 11.2. The van der Waals surface area contributed by atoms with Gasteiger partial charge in [-0.1, -0.05) is 169 Å². The van der Waals surface area contributed by atoms with Crippen molar-refractivity contribution in [2.45, 2.75) is 58.1 Å². The SMILES string of the molecule is CC(C)(C)[Si](OC[C@@H](I)[C@@H]1N=C(C(Cl)(Cl)Cl)O[C@@H]2CO[C@H](c3ccccc3)O[C@H]12)(c1ccccc1)c1ccccc1. The third kappa shape index (κ3) is 6.67. The molecule has 0 saturated carbocycles. The molecule has 5 nitrogen and oxygen atoms in total. The molecule has 0 N–H and O–H groups in total. The molecule has 0 bridgehead atoms. The van der Waals surface area contributed by atoms with Crippen LogP contribution in [0, 0.1) is 0 Å². The summed E-state index contributed by atoms with van der Waals surface area (Å²) in [6, 6.07) is 30.6. The number of benzene rings is 3. The van der Waals surface area contributed by atoms with Crippen molar-refractivity contribution < 1.29 is 18.6 Å². The van der Waals surface area contributed by atoms with Crippen LogP contribution in [0.4, 0.5) is 0 Å². The third-order valence-corrected chi connectivity index (χ3v) is 14.1. The summed E-state index contributed by atoms with van der Waals surface area (Å²) < 4.78 is 23.9. The molecule has 0 radical (unpaired) electrons. The number of hydrogen-bond donors (Lipinski definition) is 0. The summed E-state index contributed by atoms with van der Waals surface area (Å²) >= 11 is 21.2. The highest BCUT2D eigenvalue weighted by molar-refractivity contribution is 14.1. The van der Waals surface area contributed by atoms with Crippen LogP contribution in [0.15, 0.2) is 96.0 Å². The van der Waals surface area contributed by atoms with Crippen LogP contribution in [0.25, 0.3) is 0 Å². The van der Waals surface area contributed by atoms with Crippen LogP contribution in [0.5, 0.6) is 0 Å². The highest BCUT2D eigenvalue weighted by atomic mass is 127. The van der Waals surface area contributed by atoms with Gasteiger partial charge in [-0.3, -0.25) is 0 Å². The van der Waals surface area contributed by atoms with Crippen LogP contribution in [-0.2, 0) is 18.6 Å². The van der Waals surface area contributed by atoms with Crippen molar-refractivity contribution in [1.29, 1.82) is 0 Å². The molecule has 0 aliphatic carbocycles. The molecule has 2 aliphatic rings. The lowest BCUT2D eigenvalue weighted by Crippen LogP contribution is -2.67. The molecule has 0 aromatic heterocycles. The summed E-state index contributed by atoms with van der Waals surface area (Å²) in [6.07, 6.45) is -1.45. The van der Waals surface area contributed by atoms with E-state index in [1.165, 1.54) is 10.4 Å². The highest BCUT2D eigenvalue weighted by Crippen LogP contribution is 2.41. The Kier molecular flexibility index (Phi) is 9.77. The molecular formula is C31H33Cl3INO4Si. The summed E-state index contributed by atoms with van der Waals surface area (Å²) in [6.45, 7) is 7.48. The normalized spacial score (nSPS) is 24.1. The Morgan fingerprint density at radius 3 is 1.95 bits per heavy atom. The standard InChI is InChI=1S/C31H33Cl3INO4Si/c1-30(2,3)41(22-15-9-5-10-16-22,23-17-11-6-12-18-23)38-19-24(35)26-27-25(39-29(36-26)31(32,33)34)20-37-28(40-27)21-13-7-4-8-14-21/h4-18,24-28H,19-20H2,1-3H3/t24-,25-,26+,27+,28+/m1/s1. The molecule has 0 unspecified atom stereocenters. The molecule has 10 heteroatoms. The lowest BCUT2D eigenvalue weighted by atomic mass is 10.0. The molecule has 0 spiro atoms. The number of hydrogen-bond acceptors (Lipinski definition) is 5. The smallest absolute Gasteiger partial charge is 0.266 e. The van der Waals surface area contributed by atoms with Crippen molar-refractivity contribution in [3.8, 4) is 0 Å². The lowest BCUT2D eigenvalue weighted by molar-refractivity contribution is -0.261. The predicted molar refractivity (Wildman–Crippen MR) is 178 cm³/mol. The summed E-state index contributed by atoms with van der Waals surface area (Å²) in [5.41, 5.74) is 0.925. The Morgan fingerprint density at radius 1 is 0.902 bits per heavy atom. The van der Waals surface area contributed by atoms with Gasteiger partial charge in [0.2, 0.25) is 5.90 Å². The van der Waals surface area contributed by atoms with E-state index in [-0.39, 0.29) is 21.5 Å². The van der Waals surface area contributed by atoms with Gasteiger partial charge in [0.1, 0.15) is 6.10 Å². The fourth-order valence-electron chi connectivity index (χ4n) is 5.61. The zero-order chi connectivity index (χ0) is 29.3. The van der Waals surface area contributed by atoms with E-state index in [1.807, 2.05) is 42.5 Å². The second-order valence-corrected chi connectivity index (χ2v) is 19.4. The molecular weight excluding hydrogens is 712 g/mol. The van der Waals surface area contributed by atoms with E-state index in [0.29, 0.717) is 6.61 Å². The number of halogens is 4. The topological polar surface area (TPSA) is 49.3 Å². The molecule has 5 atom stereocenters. The maximum Gasteiger partial charge on any atom is 0.266 e. The summed E-state index contributed by atoms with van der Waals surface area (Å²) in [4.78, 5) is 4.82. The Hall–Kier alpha value is -1.17. The number of alkyl halides is 4. The van der Waals surface area contributed by atoms with E-state index < -0.39 is 36.6 Å². The lowest BCUT2D eigenvalue weighted by Gasteiger charge is -2.46. The summed E-state index contributed by atoms with van der Waals surface area (Å²) in [5.74, 6) is 0.0474. The van der Waals surface area contributed by atoms with Gasteiger partial charge < -0.3 is 18.6 Å². The first kappa shape index (κ1) is 31.3. The third-order valence-electron chi connectivity index (χ3n) is 7.49. The number of aliphatic imine (C=N–C) groups is 1. The van der Waals surface area contributed by atoms with Gasteiger partial charge in [0.15, 0.2) is 12.4 Å². The van der Waals surface area contributed by atoms with E-state index in [9.17, 15) is 0 Å². The number of rotatable bonds is 7. The Bertz CT molecular complexity index is 1280. The fraction of sp³-hybridized carbons (Fsp3) is 0.387. The molecule has 1 fully saturated rings. The van der Waals surface area contributed by atoms with Gasteiger partial charge in [-0.15, -0.1) is 0 Å². The van der Waals surface area contributed by atoms with Gasteiger partial charge in [-0.25, -0.2) is 4.99 Å². The number of nitrogens with zero attached hydrogens (tertiary/aromatic N) is 1. The van der Waals surface area contributed by atoms with E-state index in [1.54, 1.807) is 0 Å². The van der Waals surface area contributed by atoms with Crippen LogP contribution in [0.3, 0.4) is 0 Å². The van der Waals surface area contributed by atoms with E-state index >= 15 is 0 Å². The van der Waals surface area contributed by atoms with Crippen LogP contribution in [0.2, 0.25) is 5.04 Å². The van der Waals surface area contributed by atoms with Crippen molar-refractivity contribution in [3.05, 3.63) is 96.6 Å². The van der Waals surface area contributed by atoms with Gasteiger partial charge in [0.25, 0.3) is 12.1 Å². The molecule has 2 aliphatic heterocycles. The Labute approximate surface area is 271 Å². The highest BCUT2D eigenvalue weighted by Gasteiger charge is 2.52. The summed E-state index contributed by atoms with van der Waals surface area (Å²) in [7, 11) is -2.77. The Balaban J connectivity index is 1.49. The average molecular weight is 745 g/mol. The van der Waals surface area contributed by atoms with Crippen molar-refractivity contribution in [1.82, 2.24) is 0 Å². The molecule has 3 aromatic carbocycles. The monoisotopic (exact) mass is 743 g/mol. The van der Waals surface area contributed by atoms with Crippen molar-refractivity contribution in [2.75, 3.05) is 13.2 Å². The molecule has 41 heavy (non-hydrogen) atoms. The van der Waals surface area contributed by atoms with E-state index in [4.69, 9.17) is 58.4 Å². The first-order chi connectivity index (χ1) is 19.5. The van der Waals surface area contributed by atoms with Crippen LogP contribution >= 0.6 is 57.4 Å². The van der Waals surface area contributed by atoms with Gasteiger partial charge >= 0.3 is 0 Å². The van der Waals surface area contributed by atoms with Crippen LogP contribution in [0.1, 0.15) is 32.6 Å². The van der Waals surface area contributed by atoms with Crippen molar-refractivity contribution in [3.63, 3.8) is 0 Å². The maximum atomic E-state index is 7.23. The van der Waals surface area contributed by atoms with Gasteiger partial charge in [0.05, 0.1) is 16.6 Å². The average Bonchev–Trinajstić information content (AvgIpc) is 2.97. The molecule has 218 valence electrons. The summed E-state index contributed by atoms with van der Waals surface area (Å²) in [5, 5.41) is 2.26. The molecule has 1 saturated heterocycles. The number of ether oxygens (including phenoxy) is 3. The fourth-order valence-corrected chi connectivity index (χ4v) is 11.6. The molecule has 0 amide bonds. The quantitative estimate of drug-likeness (QED) is 0.148. The molecule has 5 rings (SSSR count). The van der Waals surface area contributed by atoms with E-state index in [0.717, 1.165) is 5.56 Å². The number of fused-ring (bicyclic) bond motifs is 1. The molecule has 2 heterocycles. The predicted octanol–water partition coefficient (Wildman–Crippen LogP) is 7.02. The van der Waals surface area contributed by atoms with Gasteiger partial charge in [-0.05, 0) is 15.4 Å².